The molecule has 2 unspecified atom stereocenters. The van der Waals surface area contributed by atoms with E-state index in [0.717, 1.165) is 45.4 Å². The van der Waals surface area contributed by atoms with E-state index in [0.29, 0.717) is 12.1 Å². The normalized spacial score (nSPS) is 29.6. The Morgan fingerprint density at radius 1 is 1.38 bits per heavy atom. The number of nitrogens with one attached hydrogen (secondary N) is 1. The average Bonchev–Trinajstić information content (AvgIpc) is 3.30. The van der Waals surface area contributed by atoms with Gasteiger partial charge in [0.2, 0.25) is 0 Å². The van der Waals surface area contributed by atoms with Crippen LogP contribution in [0.5, 0.6) is 0 Å². The molecule has 0 aliphatic heterocycles. The smallest absolute Gasteiger partial charge is 0.326 e. The van der Waals surface area contributed by atoms with E-state index in [1.165, 1.54) is 20.0 Å². The zero-order valence-electron chi connectivity index (χ0n) is 13.7. The zero-order valence-corrected chi connectivity index (χ0v) is 13.7. The van der Waals surface area contributed by atoms with Crippen molar-refractivity contribution < 1.29 is 14.3 Å². The predicted molar refractivity (Wildman–Crippen MR) is 82.3 cm³/mol. The van der Waals surface area contributed by atoms with Gasteiger partial charge in [-0.1, -0.05) is 0 Å². The summed E-state index contributed by atoms with van der Waals surface area (Å²) in [7, 11) is 3.63. The molecule has 0 heterocycles. The van der Waals surface area contributed by atoms with Crippen LogP contribution in [0.3, 0.4) is 0 Å². The highest BCUT2D eigenvalue weighted by molar-refractivity contribution is 5.81. The number of ether oxygens (including phenoxy) is 2. The molecular formula is C16H30N2O3. The van der Waals surface area contributed by atoms with Crippen LogP contribution < -0.4 is 5.32 Å². The summed E-state index contributed by atoms with van der Waals surface area (Å²) >= 11 is 0. The molecule has 5 nitrogen and oxygen atoms in total. The Hall–Kier alpha value is -0.650. The number of hydrogen-bond acceptors (Lipinski definition) is 5. The van der Waals surface area contributed by atoms with E-state index in [4.69, 9.17) is 9.47 Å². The van der Waals surface area contributed by atoms with E-state index in [1.807, 2.05) is 6.92 Å². The minimum absolute atomic E-state index is 0.0858. The first kappa shape index (κ1) is 16.7. The minimum atomic E-state index is -0.474. The van der Waals surface area contributed by atoms with Gasteiger partial charge in [0.15, 0.2) is 0 Å². The third kappa shape index (κ3) is 4.41. The number of likely N-dealkylation sites (N-methyl/N-ethyl adjacent to an activating group) is 1. The molecule has 122 valence electrons. The van der Waals surface area contributed by atoms with Crippen molar-refractivity contribution in [2.45, 2.75) is 63.1 Å². The largest absolute Gasteiger partial charge is 0.468 e. The first-order valence-electron chi connectivity index (χ1n) is 8.25. The fourth-order valence-corrected chi connectivity index (χ4v) is 3.35. The van der Waals surface area contributed by atoms with Crippen molar-refractivity contribution >= 4 is 5.97 Å². The number of rotatable bonds is 8. The molecule has 2 atom stereocenters. The second kappa shape index (κ2) is 7.56. The fourth-order valence-electron chi connectivity index (χ4n) is 3.35. The fraction of sp³-hybridized carbons (Fsp3) is 0.938. The molecule has 2 rings (SSSR count). The molecule has 0 aromatic heterocycles. The monoisotopic (exact) mass is 298 g/mol. The summed E-state index contributed by atoms with van der Waals surface area (Å²) in [4.78, 5) is 14.7. The van der Waals surface area contributed by atoms with Crippen molar-refractivity contribution in [2.75, 3.05) is 33.9 Å². The molecule has 2 saturated carbocycles. The summed E-state index contributed by atoms with van der Waals surface area (Å²) in [6, 6.07) is 0.932. The lowest BCUT2D eigenvalue weighted by molar-refractivity contribution is -0.151. The average molecular weight is 298 g/mol. The van der Waals surface area contributed by atoms with Crippen LogP contribution in [-0.4, -0.2) is 62.4 Å². The van der Waals surface area contributed by atoms with E-state index in [2.05, 4.69) is 17.3 Å². The number of carbonyl (C=O) groups excluding carboxylic acids is 1. The summed E-state index contributed by atoms with van der Waals surface area (Å²) in [5.41, 5.74) is -0.474. The van der Waals surface area contributed by atoms with E-state index in [9.17, 15) is 4.79 Å². The lowest BCUT2D eigenvalue weighted by Gasteiger charge is -2.42. The highest BCUT2D eigenvalue weighted by Gasteiger charge is 2.47. The highest BCUT2D eigenvalue weighted by atomic mass is 16.5. The Morgan fingerprint density at radius 2 is 2.14 bits per heavy atom. The van der Waals surface area contributed by atoms with Crippen LogP contribution in [0.2, 0.25) is 0 Å². The van der Waals surface area contributed by atoms with Crippen molar-refractivity contribution in [1.29, 1.82) is 0 Å². The standard InChI is InChI=1S/C16H30N2O3/c1-4-21-11-10-18(2)14-6-5-9-16(12-14,15(19)20-3)17-13-7-8-13/h13-14,17H,4-12H2,1-3H3. The van der Waals surface area contributed by atoms with Crippen LogP contribution in [0, 0.1) is 0 Å². The van der Waals surface area contributed by atoms with Gasteiger partial charge in [0.05, 0.1) is 13.7 Å². The molecule has 1 N–H and O–H groups in total. The SMILES string of the molecule is CCOCCN(C)C1CCCC(NC2CC2)(C(=O)OC)C1. The summed E-state index contributed by atoms with van der Waals surface area (Å²) in [6.07, 6.45) is 6.32. The second-order valence-electron chi connectivity index (χ2n) is 6.42. The maximum absolute atomic E-state index is 12.4. The summed E-state index contributed by atoms with van der Waals surface area (Å²) in [5.74, 6) is -0.0858. The van der Waals surface area contributed by atoms with Gasteiger partial charge in [-0.2, -0.15) is 0 Å². The molecule has 0 saturated heterocycles. The van der Waals surface area contributed by atoms with Crippen LogP contribution in [-0.2, 0) is 14.3 Å². The van der Waals surface area contributed by atoms with Crippen molar-refractivity contribution in [1.82, 2.24) is 10.2 Å². The third-order valence-corrected chi connectivity index (χ3v) is 4.77. The predicted octanol–water partition coefficient (Wildman–Crippen LogP) is 1.56. The lowest BCUT2D eigenvalue weighted by Crippen LogP contribution is -2.59. The maximum Gasteiger partial charge on any atom is 0.326 e. The minimum Gasteiger partial charge on any atom is -0.468 e. The Morgan fingerprint density at radius 3 is 2.76 bits per heavy atom. The first-order valence-corrected chi connectivity index (χ1v) is 8.25. The molecule has 2 aliphatic carbocycles. The van der Waals surface area contributed by atoms with Gasteiger partial charge in [0.1, 0.15) is 5.54 Å². The number of nitrogens with zero attached hydrogens (tertiary/aromatic N) is 1. The van der Waals surface area contributed by atoms with E-state index in [1.54, 1.807) is 0 Å². The third-order valence-electron chi connectivity index (χ3n) is 4.77. The van der Waals surface area contributed by atoms with Gasteiger partial charge >= 0.3 is 5.97 Å². The number of methoxy groups -OCH3 is 1. The summed E-state index contributed by atoms with van der Waals surface area (Å²) in [6.45, 7) is 4.44. The molecule has 0 radical (unpaired) electrons. The summed E-state index contributed by atoms with van der Waals surface area (Å²) < 4.78 is 10.5. The molecule has 0 aromatic carbocycles. The highest BCUT2D eigenvalue weighted by Crippen LogP contribution is 2.35. The van der Waals surface area contributed by atoms with Crippen LogP contribution >= 0.6 is 0 Å². The van der Waals surface area contributed by atoms with Gasteiger partial charge in [-0.25, -0.2) is 0 Å². The van der Waals surface area contributed by atoms with Gasteiger partial charge in [0.25, 0.3) is 0 Å². The van der Waals surface area contributed by atoms with Crippen LogP contribution in [0.4, 0.5) is 0 Å². The lowest BCUT2D eigenvalue weighted by atomic mass is 9.78. The quantitative estimate of drug-likeness (QED) is 0.544. The topological polar surface area (TPSA) is 50.8 Å². The Kier molecular flexibility index (Phi) is 6.02. The summed E-state index contributed by atoms with van der Waals surface area (Å²) in [5, 5.41) is 3.58. The van der Waals surface area contributed by atoms with Gasteiger partial charge in [-0.05, 0) is 52.5 Å². The van der Waals surface area contributed by atoms with Gasteiger partial charge < -0.3 is 14.4 Å². The van der Waals surface area contributed by atoms with E-state index >= 15 is 0 Å². The van der Waals surface area contributed by atoms with E-state index in [-0.39, 0.29) is 5.97 Å². The van der Waals surface area contributed by atoms with Crippen molar-refractivity contribution in [2.24, 2.45) is 0 Å². The molecule has 0 bridgehead atoms. The van der Waals surface area contributed by atoms with Crippen molar-refractivity contribution in [3.05, 3.63) is 0 Å². The van der Waals surface area contributed by atoms with Gasteiger partial charge in [-0.3, -0.25) is 10.1 Å². The second-order valence-corrected chi connectivity index (χ2v) is 6.42. The van der Waals surface area contributed by atoms with E-state index < -0.39 is 5.54 Å². The number of esters is 1. The first-order chi connectivity index (χ1) is 10.1. The molecule has 0 amide bonds. The molecule has 2 aliphatic rings. The zero-order chi connectivity index (χ0) is 15.3. The van der Waals surface area contributed by atoms with Crippen molar-refractivity contribution in [3.8, 4) is 0 Å². The van der Waals surface area contributed by atoms with Gasteiger partial charge in [0, 0.05) is 25.2 Å². The maximum atomic E-state index is 12.4. The Balaban J connectivity index is 1.96. The Labute approximate surface area is 128 Å². The van der Waals surface area contributed by atoms with Crippen LogP contribution in [0.15, 0.2) is 0 Å². The van der Waals surface area contributed by atoms with Crippen LogP contribution in [0.25, 0.3) is 0 Å². The molecule has 21 heavy (non-hydrogen) atoms. The number of carbonyl (C=O) groups is 1. The van der Waals surface area contributed by atoms with Crippen LogP contribution in [0.1, 0.15) is 45.4 Å². The molecule has 0 aromatic rings. The number of hydrogen-bond donors (Lipinski definition) is 1. The molecular weight excluding hydrogens is 268 g/mol. The Bertz CT molecular complexity index is 346. The molecule has 2 fully saturated rings. The van der Waals surface area contributed by atoms with Gasteiger partial charge in [-0.15, -0.1) is 0 Å². The molecule has 5 heteroatoms. The molecule has 0 spiro atoms. The van der Waals surface area contributed by atoms with Crippen molar-refractivity contribution in [3.63, 3.8) is 0 Å².